The highest BCUT2D eigenvalue weighted by Gasteiger charge is 2.38. The van der Waals surface area contributed by atoms with E-state index in [1.807, 2.05) is 12.1 Å². The van der Waals surface area contributed by atoms with Gasteiger partial charge in [-0.2, -0.15) is 0 Å². The van der Waals surface area contributed by atoms with Gasteiger partial charge >= 0.3 is 5.97 Å². The molecule has 1 aliphatic rings. The predicted molar refractivity (Wildman–Crippen MR) is 109 cm³/mol. The summed E-state index contributed by atoms with van der Waals surface area (Å²) in [6.07, 6.45) is 5.81. The maximum atomic E-state index is 11.6. The summed E-state index contributed by atoms with van der Waals surface area (Å²) in [6, 6.07) is 12.1. The molecule has 4 heteroatoms. The standard InChI is InChI=1S/C24H28O4/c1-16-14-19(27-4)8-10-21(16)24(12-6-5-7-13-24)22-11-9-20(15-17(22)2)28-23(26)18(3)25/h8-11,14-15H,5-7,12-13H2,1-4H3. The van der Waals surface area contributed by atoms with E-state index in [0.717, 1.165) is 24.2 Å². The fourth-order valence-corrected chi connectivity index (χ4v) is 4.55. The van der Waals surface area contributed by atoms with E-state index in [9.17, 15) is 9.59 Å². The molecule has 1 saturated carbocycles. The summed E-state index contributed by atoms with van der Waals surface area (Å²) in [5.74, 6) is -0.140. The maximum absolute atomic E-state index is 11.6. The molecule has 0 amide bonds. The predicted octanol–water partition coefficient (Wildman–Crippen LogP) is 5.06. The highest BCUT2D eigenvalue weighted by Crippen LogP contribution is 2.48. The van der Waals surface area contributed by atoms with Crippen molar-refractivity contribution in [3.8, 4) is 11.5 Å². The van der Waals surface area contributed by atoms with Gasteiger partial charge in [-0.1, -0.05) is 31.4 Å². The third-order valence-electron chi connectivity index (χ3n) is 5.87. The Morgan fingerprint density at radius 1 is 0.857 bits per heavy atom. The van der Waals surface area contributed by atoms with Crippen LogP contribution < -0.4 is 9.47 Å². The van der Waals surface area contributed by atoms with E-state index in [4.69, 9.17) is 9.47 Å². The van der Waals surface area contributed by atoms with E-state index in [2.05, 4.69) is 32.0 Å². The number of esters is 1. The number of rotatable bonds is 5. The highest BCUT2D eigenvalue weighted by molar-refractivity contribution is 6.33. The summed E-state index contributed by atoms with van der Waals surface area (Å²) in [4.78, 5) is 22.8. The summed E-state index contributed by atoms with van der Waals surface area (Å²) in [5.41, 5.74) is 4.85. The quantitative estimate of drug-likeness (QED) is 0.413. The van der Waals surface area contributed by atoms with Gasteiger partial charge in [-0.05, 0) is 73.2 Å². The van der Waals surface area contributed by atoms with Crippen LogP contribution in [0.25, 0.3) is 0 Å². The molecule has 0 spiro atoms. The molecular formula is C24H28O4. The molecular weight excluding hydrogens is 352 g/mol. The van der Waals surface area contributed by atoms with Crippen LogP contribution >= 0.6 is 0 Å². The summed E-state index contributed by atoms with van der Waals surface area (Å²) >= 11 is 0. The van der Waals surface area contributed by atoms with Gasteiger partial charge in [-0.15, -0.1) is 0 Å². The first kappa shape index (κ1) is 20.1. The monoisotopic (exact) mass is 380 g/mol. The minimum Gasteiger partial charge on any atom is -0.497 e. The first-order valence-electron chi connectivity index (χ1n) is 9.86. The van der Waals surface area contributed by atoms with E-state index in [-0.39, 0.29) is 5.41 Å². The van der Waals surface area contributed by atoms with Crippen molar-refractivity contribution in [2.24, 2.45) is 0 Å². The summed E-state index contributed by atoms with van der Waals surface area (Å²) in [7, 11) is 1.69. The second kappa shape index (κ2) is 8.17. The largest absolute Gasteiger partial charge is 0.497 e. The number of carbonyl (C=O) groups excluding carboxylic acids is 2. The van der Waals surface area contributed by atoms with Gasteiger partial charge in [-0.25, -0.2) is 4.79 Å². The number of benzene rings is 2. The molecule has 0 atom stereocenters. The second-order valence-corrected chi connectivity index (χ2v) is 7.75. The molecule has 1 fully saturated rings. The van der Waals surface area contributed by atoms with E-state index in [1.54, 1.807) is 13.2 Å². The topological polar surface area (TPSA) is 52.6 Å². The summed E-state index contributed by atoms with van der Waals surface area (Å²) < 4.78 is 10.6. The Morgan fingerprint density at radius 3 is 1.89 bits per heavy atom. The van der Waals surface area contributed by atoms with Crippen LogP contribution in [0.15, 0.2) is 36.4 Å². The van der Waals surface area contributed by atoms with Crippen LogP contribution in [0.1, 0.15) is 61.3 Å². The lowest BCUT2D eigenvalue weighted by atomic mass is 9.63. The molecule has 1 aliphatic carbocycles. The lowest BCUT2D eigenvalue weighted by Crippen LogP contribution is -2.32. The molecule has 0 unspecified atom stereocenters. The molecule has 0 aliphatic heterocycles. The van der Waals surface area contributed by atoms with E-state index in [1.165, 1.54) is 42.9 Å². The minimum absolute atomic E-state index is 0.0538. The van der Waals surface area contributed by atoms with Gasteiger partial charge in [0.1, 0.15) is 11.5 Å². The van der Waals surface area contributed by atoms with Gasteiger partial charge < -0.3 is 9.47 Å². The Labute approximate surface area is 166 Å². The molecule has 3 rings (SSSR count). The van der Waals surface area contributed by atoms with Gasteiger partial charge in [0.15, 0.2) is 0 Å². The number of methoxy groups -OCH3 is 1. The molecule has 0 bridgehead atoms. The third kappa shape index (κ3) is 3.82. The van der Waals surface area contributed by atoms with Crippen LogP contribution in [-0.4, -0.2) is 18.9 Å². The molecule has 0 N–H and O–H groups in total. The zero-order chi connectivity index (χ0) is 20.3. The molecule has 2 aromatic rings. The SMILES string of the molecule is COc1ccc(C2(c3ccc(OC(=O)C(C)=O)cc3C)CCCCC2)c(C)c1. The van der Waals surface area contributed by atoms with Crippen molar-refractivity contribution in [1.29, 1.82) is 0 Å². The van der Waals surface area contributed by atoms with Gasteiger partial charge in [0.25, 0.3) is 0 Å². The van der Waals surface area contributed by atoms with Gasteiger partial charge in [0, 0.05) is 12.3 Å². The van der Waals surface area contributed by atoms with Crippen LogP contribution in [-0.2, 0) is 15.0 Å². The van der Waals surface area contributed by atoms with Crippen molar-refractivity contribution in [1.82, 2.24) is 0 Å². The lowest BCUT2D eigenvalue weighted by molar-refractivity contribution is -0.146. The van der Waals surface area contributed by atoms with Crippen molar-refractivity contribution in [2.75, 3.05) is 7.11 Å². The lowest BCUT2D eigenvalue weighted by Gasteiger charge is -2.40. The van der Waals surface area contributed by atoms with Crippen LogP contribution in [0.4, 0.5) is 0 Å². The highest BCUT2D eigenvalue weighted by atomic mass is 16.5. The third-order valence-corrected chi connectivity index (χ3v) is 5.87. The molecule has 0 radical (unpaired) electrons. The van der Waals surface area contributed by atoms with Gasteiger partial charge in [0.05, 0.1) is 7.11 Å². The number of hydrogen-bond acceptors (Lipinski definition) is 4. The fraction of sp³-hybridized carbons (Fsp3) is 0.417. The Bertz CT molecular complexity index is 891. The number of hydrogen-bond donors (Lipinski definition) is 0. The number of ketones is 1. The summed E-state index contributed by atoms with van der Waals surface area (Å²) in [6.45, 7) is 5.41. The zero-order valence-corrected chi connectivity index (χ0v) is 17.1. The van der Waals surface area contributed by atoms with Gasteiger partial charge in [-0.3, -0.25) is 4.79 Å². The Balaban J connectivity index is 2.05. The van der Waals surface area contributed by atoms with Crippen LogP contribution in [0.3, 0.4) is 0 Å². The number of ether oxygens (including phenoxy) is 2. The molecule has 4 nitrogen and oxygen atoms in total. The fourth-order valence-electron chi connectivity index (χ4n) is 4.55. The van der Waals surface area contributed by atoms with Crippen LogP contribution in [0.2, 0.25) is 0 Å². The Morgan fingerprint density at radius 2 is 1.39 bits per heavy atom. The minimum atomic E-state index is -0.828. The zero-order valence-electron chi connectivity index (χ0n) is 17.1. The molecule has 0 aromatic heterocycles. The number of aryl methyl sites for hydroxylation is 2. The van der Waals surface area contributed by atoms with Gasteiger partial charge in [0.2, 0.25) is 5.78 Å². The first-order valence-corrected chi connectivity index (χ1v) is 9.86. The normalized spacial score (nSPS) is 15.7. The molecule has 0 saturated heterocycles. The number of Topliss-reactive ketones (excluding diaryl/α,β-unsaturated/α-hetero) is 1. The molecule has 2 aromatic carbocycles. The summed E-state index contributed by atoms with van der Waals surface area (Å²) in [5, 5.41) is 0. The van der Waals surface area contributed by atoms with Crippen molar-refractivity contribution < 1.29 is 19.1 Å². The number of carbonyl (C=O) groups is 2. The van der Waals surface area contributed by atoms with E-state index < -0.39 is 11.8 Å². The second-order valence-electron chi connectivity index (χ2n) is 7.75. The van der Waals surface area contributed by atoms with Crippen LogP contribution in [0, 0.1) is 13.8 Å². The average molecular weight is 380 g/mol. The van der Waals surface area contributed by atoms with Crippen LogP contribution in [0.5, 0.6) is 11.5 Å². The molecule has 28 heavy (non-hydrogen) atoms. The first-order chi connectivity index (χ1) is 13.4. The van der Waals surface area contributed by atoms with E-state index >= 15 is 0 Å². The smallest absolute Gasteiger partial charge is 0.379 e. The Hall–Kier alpha value is -2.62. The van der Waals surface area contributed by atoms with Crippen molar-refractivity contribution in [3.63, 3.8) is 0 Å². The molecule has 148 valence electrons. The van der Waals surface area contributed by atoms with E-state index in [0.29, 0.717) is 5.75 Å². The molecule has 0 heterocycles. The average Bonchev–Trinajstić information content (AvgIpc) is 2.68. The van der Waals surface area contributed by atoms with Crippen molar-refractivity contribution in [3.05, 3.63) is 58.7 Å². The Kier molecular flexibility index (Phi) is 5.87. The van der Waals surface area contributed by atoms with Crippen molar-refractivity contribution >= 4 is 11.8 Å². The maximum Gasteiger partial charge on any atom is 0.379 e. The van der Waals surface area contributed by atoms with Crippen molar-refractivity contribution in [2.45, 2.75) is 58.3 Å².